The average molecular weight is 375 g/mol. The smallest absolute Gasteiger partial charge is 0.270 e. The van der Waals surface area contributed by atoms with Crippen LogP contribution < -0.4 is 0 Å². The first kappa shape index (κ1) is 17.1. The number of nitrogens with zero attached hydrogens (tertiary/aromatic N) is 2. The summed E-state index contributed by atoms with van der Waals surface area (Å²) in [5, 5.41) is 0.936. The second kappa shape index (κ2) is 6.12. The summed E-state index contributed by atoms with van der Waals surface area (Å²) < 4.78 is 24.4. The van der Waals surface area contributed by atoms with Crippen molar-refractivity contribution in [2.75, 3.05) is 24.6 Å². The quantitative estimate of drug-likeness (QED) is 0.849. The van der Waals surface area contributed by atoms with Gasteiger partial charge in [-0.05, 0) is 12.1 Å². The number of benzene rings is 1. The molecule has 2 aliphatic rings. The number of carbonyl (C=O) groups is 2. The lowest BCUT2D eigenvalue weighted by Gasteiger charge is -2.43. The van der Waals surface area contributed by atoms with Gasteiger partial charge in [0.1, 0.15) is 5.69 Å². The number of aromatic amines is 1. The molecule has 2 amide bonds. The number of para-hydroxylation sites is 1. The van der Waals surface area contributed by atoms with E-state index in [1.165, 1.54) is 0 Å². The summed E-state index contributed by atoms with van der Waals surface area (Å²) in [5.41, 5.74) is 1.32. The minimum Gasteiger partial charge on any atom is -0.351 e. The Hall–Kier alpha value is -2.35. The number of fused-ring (bicyclic) bond motifs is 2. The van der Waals surface area contributed by atoms with Crippen LogP contribution in [0.5, 0.6) is 0 Å². The van der Waals surface area contributed by atoms with Crippen LogP contribution in [0.2, 0.25) is 0 Å². The molecule has 0 unspecified atom stereocenters. The largest absolute Gasteiger partial charge is 0.351 e. The van der Waals surface area contributed by atoms with Crippen molar-refractivity contribution >= 4 is 32.6 Å². The third kappa shape index (κ3) is 2.78. The third-order valence-corrected chi connectivity index (χ3v) is 7.02. The summed E-state index contributed by atoms with van der Waals surface area (Å²) in [4.78, 5) is 31.7. The predicted octanol–water partition coefficient (Wildman–Crippen LogP) is 1.03. The van der Waals surface area contributed by atoms with Gasteiger partial charge in [-0.3, -0.25) is 9.59 Å². The van der Waals surface area contributed by atoms with Crippen LogP contribution in [0.3, 0.4) is 0 Å². The Balaban J connectivity index is 1.66. The maximum Gasteiger partial charge on any atom is 0.270 e. The Morgan fingerprint density at radius 2 is 1.77 bits per heavy atom. The fourth-order valence-electron chi connectivity index (χ4n) is 4.06. The van der Waals surface area contributed by atoms with Gasteiger partial charge < -0.3 is 14.8 Å². The van der Waals surface area contributed by atoms with Crippen molar-refractivity contribution < 1.29 is 18.0 Å². The molecule has 0 bridgehead atoms. The maximum absolute atomic E-state index is 13.1. The van der Waals surface area contributed by atoms with E-state index in [-0.39, 0.29) is 23.3 Å². The number of amides is 2. The van der Waals surface area contributed by atoms with Crippen LogP contribution in [-0.4, -0.2) is 71.7 Å². The molecule has 2 fully saturated rings. The molecule has 2 aliphatic heterocycles. The van der Waals surface area contributed by atoms with Gasteiger partial charge >= 0.3 is 0 Å². The number of carbonyl (C=O) groups excluding carboxylic acids is 2. The molecule has 0 saturated carbocycles. The molecule has 0 spiro atoms. The number of piperazine rings is 1. The lowest BCUT2D eigenvalue weighted by Crippen LogP contribution is -2.61. The predicted molar refractivity (Wildman–Crippen MR) is 97.6 cm³/mol. The molecule has 26 heavy (non-hydrogen) atoms. The first-order valence-electron chi connectivity index (χ1n) is 8.78. The van der Waals surface area contributed by atoms with Gasteiger partial charge in [-0.15, -0.1) is 0 Å². The van der Waals surface area contributed by atoms with Gasteiger partial charge in [-0.25, -0.2) is 8.42 Å². The molecule has 1 aromatic carbocycles. The van der Waals surface area contributed by atoms with E-state index in [0.29, 0.717) is 25.2 Å². The molecular weight excluding hydrogens is 354 g/mol. The monoisotopic (exact) mass is 375 g/mol. The van der Waals surface area contributed by atoms with Crippen LogP contribution in [0.25, 0.3) is 10.9 Å². The molecule has 138 valence electrons. The minimum atomic E-state index is -3.27. The first-order valence-corrected chi connectivity index (χ1v) is 10.6. The highest BCUT2D eigenvalue weighted by Gasteiger charge is 2.49. The lowest BCUT2D eigenvalue weighted by atomic mass is 10.0. The Labute approximate surface area is 151 Å². The van der Waals surface area contributed by atoms with E-state index >= 15 is 0 Å². The highest BCUT2D eigenvalue weighted by molar-refractivity contribution is 7.91. The summed E-state index contributed by atoms with van der Waals surface area (Å²) in [5.74, 6) is -0.427. The summed E-state index contributed by atoms with van der Waals surface area (Å²) in [7, 11) is -3.27. The summed E-state index contributed by atoms with van der Waals surface area (Å²) in [6.45, 7) is 2.48. The molecule has 2 atom stereocenters. The summed E-state index contributed by atoms with van der Waals surface area (Å²) in [6.07, 6.45) is 0.333. The number of hydrogen-bond donors (Lipinski definition) is 1. The van der Waals surface area contributed by atoms with Gasteiger partial charge in [0.2, 0.25) is 5.91 Å². The number of rotatable bonds is 2. The number of H-pyrrole nitrogens is 1. The molecule has 3 heterocycles. The van der Waals surface area contributed by atoms with Crippen LogP contribution in [0.1, 0.15) is 23.8 Å². The molecule has 1 N–H and O–H groups in total. The molecular formula is C18H21N3O4S. The summed E-state index contributed by atoms with van der Waals surface area (Å²) >= 11 is 0. The number of aromatic nitrogens is 1. The SMILES string of the molecule is CCC(=O)N1CCN(C(=O)c2cc3ccccc3[nH]2)[C@H]2CS(=O)(=O)C[C@H]21. The Bertz CT molecular complexity index is 948. The normalized spacial score (nSPS) is 24.7. The number of hydrogen-bond acceptors (Lipinski definition) is 4. The van der Waals surface area contributed by atoms with E-state index in [2.05, 4.69) is 4.98 Å². The van der Waals surface area contributed by atoms with Gasteiger partial charge in [0.05, 0.1) is 23.6 Å². The van der Waals surface area contributed by atoms with Crippen LogP contribution in [0.4, 0.5) is 0 Å². The van der Waals surface area contributed by atoms with Crippen LogP contribution in [-0.2, 0) is 14.6 Å². The van der Waals surface area contributed by atoms with Crippen molar-refractivity contribution in [3.8, 4) is 0 Å². The van der Waals surface area contributed by atoms with E-state index in [9.17, 15) is 18.0 Å². The Morgan fingerprint density at radius 1 is 1.12 bits per heavy atom. The first-order chi connectivity index (χ1) is 12.4. The minimum absolute atomic E-state index is 0.0604. The van der Waals surface area contributed by atoms with Gasteiger partial charge in [-0.2, -0.15) is 0 Å². The van der Waals surface area contributed by atoms with Crippen LogP contribution in [0.15, 0.2) is 30.3 Å². The van der Waals surface area contributed by atoms with E-state index in [0.717, 1.165) is 10.9 Å². The zero-order valence-corrected chi connectivity index (χ0v) is 15.3. The van der Waals surface area contributed by atoms with Crippen molar-refractivity contribution in [2.45, 2.75) is 25.4 Å². The lowest BCUT2D eigenvalue weighted by molar-refractivity contribution is -0.135. The molecule has 0 aliphatic carbocycles. The second-order valence-corrected chi connectivity index (χ2v) is 9.07. The highest BCUT2D eigenvalue weighted by Crippen LogP contribution is 2.29. The van der Waals surface area contributed by atoms with Crippen molar-refractivity contribution in [1.29, 1.82) is 0 Å². The van der Waals surface area contributed by atoms with Gasteiger partial charge in [0, 0.05) is 30.4 Å². The van der Waals surface area contributed by atoms with Crippen molar-refractivity contribution in [3.05, 3.63) is 36.0 Å². The summed E-state index contributed by atoms with van der Waals surface area (Å²) in [6, 6.07) is 8.47. The van der Waals surface area contributed by atoms with E-state index in [4.69, 9.17) is 0 Å². The fourth-order valence-corrected chi connectivity index (χ4v) is 6.04. The highest BCUT2D eigenvalue weighted by atomic mass is 32.2. The van der Waals surface area contributed by atoms with Gasteiger partial charge in [0.25, 0.3) is 5.91 Å². The van der Waals surface area contributed by atoms with Crippen molar-refractivity contribution in [1.82, 2.24) is 14.8 Å². The van der Waals surface area contributed by atoms with Crippen molar-refractivity contribution in [3.63, 3.8) is 0 Å². The maximum atomic E-state index is 13.1. The molecule has 8 heteroatoms. The second-order valence-electron chi connectivity index (χ2n) is 6.92. The zero-order valence-electron chi connectivity index (χ0n) is 14.5. The third-order valence-electron chi connectivity index (χ3n) is 5.32. The average Bonchev–Trinajstić information content (AvgIpc) is 3.19. The van der Waals surface area contributed by atoms with E-state index in [1.807, 2.05) is 24.3 Å². The van der Waals surface area contributed by atoms with Crippen molar-refractivity contribution in [2.24, 2.45) is 0 Å². The molecule has 2 aromatic rings. The Kier molecular flexibility index (Phi) is 4.02. The molecule has 7 nitrogen and oxygen atoms in total. The zero-order chi connectivity index (χ0) is 18.5. The van der Waals surface area contributed by atoms with E-state index in [1.54, 1.807) is 22.8 Å². The van der Waals surface area contributed by atoms with E-state index < -0.39 is 21.9 Å². The fraction of sp³-hybridized carbons (Fsp3) is 0.444. The van der Waals surface area contributed by atoms with Gasteiger partial charge in [0.15, 0.2) is 9.84 Å². The van der Waals surface area contributed by atoms with Gasteiger partial charge in [-0.1, -0.05) is 25.1 Å². The molecule has 2 saturated heterocycles. The standard InChI is InChI=1S/C18H21N3O4S/c1-2-17(22)20-7-8-21(16-11-26(24,25)10-15(16)20)18(23)14-9-12-5-3-4-6-13(12)19-14/h3-6,9,15-16,19H,2,7-8,10-11H2,1H3/t15-,16+/m1/s1. The molecule has 4 rings (SSSR count). The molecule has 0 radical (unpaired) electrons. The molecule has 1 aromatic heterocycles. The van der Waals surface area contributed by atoms with Crippen LogP contribution >= 0.6 is 0 Å². The number of sulfone groups is 1. The number of nitrogens with one attached hydrogen (secondary N) is 1. The topological polar surface area (TPSA) is 90.6 Å². The Morgan fingerprint density at radius 3 is 2.46 bits per heavy atom. The van der Waals surface area contributed by atoms with Crippen LogP contribution in [0, 0.1) is 0 Å².